The second-order valence-corrected chi connectivity index (χ2v) is 12.2. The first kappa shape index (κ1) is 31.7. The maximum atomic E-state index is 14.2. The molecule has 1 aliphatic rings. The molecule has 9 heteroatoms. The normalized spacial score (nSPS) is 15.0. The molecule has 0 bridgehead atoms. The Morgan fingerprint density at radius 3 is 2.47 bits per heavy atom. The van der Waals surface area contributed by atoms with Gasteiger partial charge in [0.15, 0.2) is 0 Å². The van der Waals surface area contributed by atoms with Crippen molar-refractivity contribution in [2.24, 2.45) is 5.73 Å². The van der Waals surface area contributed by atoms with E-state index >= 15 is 0 Å². The van der Waals surface area contributed by atoms with Crippen LogP contribution >= 0.6 is 0 Å². The van der Waals surface area contributed by atoms with Gasteiger partial charge in [0.05, 0.1) is 13.2 Å². The summed E-state index contributed by atoms with van der Waals surface area (Å²) in [4.78, 5) is 40.5. The zero-order valence-corrected chi connectivity index (χ0v) is 25.8. The molecular weight excluding hydrogens is 566 g/mol. The lowest BCUT2D eigenvalue weighted by atomic mass is 9.97. The number of rotatable bonds is 11. The average Bonchev–Trinajstić information content (AvgIpc) is 3.15. The molecule has 9 nitrogen and oxygen atoms in total. The van der Waals surface area contributed by atoms with E-state index in [0.29, 0.717) is 32.5 Å². The Hall–Kier alpha value is -4.73. The molecule has 0 fully saturated rings. The van der Waals surface area contributed by atoms with Crippen molar-refractivity contribution in [3.63, 3.8) is 0 Å². The van der Waals surface area contributed by atoms with Crippen LogP contribution in [-0.4, -0.2) is 47.7 Å². The monoisotopic (exact) mass is 607 g/mol. The standard InChI is InChI=1S/C36H41N5O4/c1-36(2,39-19-20-42)21-33(43)40-31-17-16-30-29-10-6-3-7-25(29)15-18-32(30)41(34(31)44)23-24-11-13-26(14-12-24)28-9-5-4-8-27(28)22-38-35(37)45/h3-15,18,31,39,42H,16-17,19-23H2,1-2H3,(H,40,43)(H3,37,38,45)/t31-/m1/s1. The number of aliphatic hydroxyl groups is 1. The van der Waals surface area contributed by atoms with Crippen molar-refractivity contribution in [3.05, 3.63) is 102 Å². The van der Waals surface area contributed by atoms with Crippen LogP contribution in [0.5, 0.6) is 0 Å². The average molecular weight is 608 g/mol. The molecule has 0 radical (unpaired) electrons. The predicted octanol–water partition coefficient (Wildman–Crippen LogP) is 4.39. The maximum Gasteiger partial charge on any atom is 0.312 e. The second-order valence-electron chi connectivity index (χ2n) is 12.2. The van der Waals surface area contributed by atoms with Crippen LogP contribution in [0.3, 0.4) is 0 Å². The van der Waals surface area contributed by atoms with E-state index in [9.17, 15) is 19.5 Å². The number of β-amino-alcohol motifs (C(OH)–C–C–N with tert-alkyl or cyclic N) is 1. The highest BCUT2D eigenvalue weighted by Crippen LogP contribution is 2.35. The smallest absolute Gasteiger partial charge is 0.312 e. The fraction of sp³-hybridized carbons (Fsp3) is 0.306. The minimum atomic E-state index is -0.679. The Bertz CT molecular complexity index is 1680. The molecule has 0 saturated heterocycles. The lowest BCUT2D eigenvalue weighted by Gasteiger charge is -2.29. The quantitative estimate of drug-likeness (QED) is 0.172. The van der Waals surface area contributed by atoms with Gasteiger partial charge in [0.2, 0.25) is 11.8 Å². The Kier molecular flexibility index (Phi) is 9.80. The molecule has 1 heterocycles. The van der Waals surface area contributed by atoms with Crippen molar-refractivity contribution in [1.29, 1.82) is 0 Å². The highest BCUT2D eigenvalue weighted by Gasteiger charge is 2.33. The Morgan fingerprint density at radius 2 is 1.71 bits per heavy atom. The van der Waals surface area contributed by atoms with E-state index < -0.39 is 17.6 Å². The number of benzene rings is 4. The van der Waals surface area contributed by atoms with Gasteiger partial charge in [-0.25, -0.2) is 4.79 Å². The molecule has 0 spiro atoms. The van der Waals surface area contributed by atoms with Crippen molar-refractivity contribution < 1.29 is 19.5 Å². The maximum absolute atomic E-state index is 14.2. The molecule has 1 atom stereocenters. The highest BCUT2D eigenvalue weighted by molar-refractivity contribution is 6.03. The summed E-state index contributed by atoms with van der Waals surface area (Å²) in [6.45, 7) is 4.83. The molecule has 1 aliphatic heterocycles. The Labute approximate surface area is 263 Å². The molecule has 0 aromatic heterocycles. The molecule has 6 N–H and O–H groups in total. The molecule has 4 aromatic carbocycles. The van der Waals surface area contributed by atoms with Crippen LogP contribution in [-0.2, 0) is 29.1 Å². The van der Waals surface area contributed by atoms with Gasteiger partial charge in [-0.2, -0.15) is 0 Å². The minimum absolute atomic E-state index is 0.0205. The number of nitrogens with one attached hydrogen (secondary N) is 3. The van der Waals surface area contributed by atoms with E-state index in [1.54, 1.807) is 4.90 Å². The lowest BCUT2D eigenvalue weighted by Crippen LogP contribution is -2.51. The molecule has 234 valence electrons. The number of aryl methyl sites for hydroxylation is 1. The van der Waals surface area contributed by atoms with Crippen LogP contribution in [0, 0.1) is 0 Å². The van der Waals surface area contributed by atoms with Gasteiger partial charge in [-0.15, -0.1) is 0 Å². The minimum Gasteiger partial charge on any atom is -0.395 e. The SMILES string of the molecule is CC(C)(CC(=O)N[C@@H]1CCc2c(ccc3ccccc23)N(Cc2ccc(-c3ccccc3CNC(N)=O)cc2)C1=O)NCCO. The zero-order chi connectivity index (χ0) is 32.0. The fourth-order valence-electron chi connectivity index (χ4n) is 6.07. The van der Waals surface area contributed by atoms with Crippen molar-refractivity contribution in [2.75, 3.05) is 18.1 Å². The number of urea groups is 1. The Balaban J connectivity index is 1.42. The van der Waals surface area contributed by atoms with Gasteiger partial charge in [-0.1, -0.05) is 78.9 Å². The van der Waals surface area contributed by atoms with Gasteiger partial charge >= 0.3 is 6.03 Å². The molecule has 4 aromatic rings. The van der Waals surface area contributed by atoms with Gasteiger partial charge in [-0.3, -0.25) is 9.59 Å². The zero-order valence-electron chi connectivity index (χ0n) is 25.8. The predicted molar refractivity (Wildman–Crippen MR) is 177 cm³/mol. The molecule has 5 rings (SSSR count). The second kappa shape index (κ2) is 13.9. The van der Waals surface area contributed by atoms with E-state index in [1.807, 2.05) is 86.6 Å². The summed E-state index contributed by atoms with van der Waals surface area (Å²) in [6, 6.07) is 26.9. The highest BCUT2D eigenvalue weighted by atomic mass is 16.3. The van der Waals surface area contributed by atoms with Crippen molar-refractivity contribution >= 4 is 34.3 Å². The molecule has 0 unspecified atom stereocenters. The first-order valence-corrected chi connectivity index (χ1v) is 15.3. The summed E-state index contributed by atoms with van der Waals surface area (Å²) in [5.41, 5.74) is 10.6. The lowest BCUT2D eigenvalue weighted by molar-refractivity contribution is -0.128. The van der Waals surface area contributed by atoms with E-state index in [2.05, 4.69) is 28.1 Å². The summed E-state index contributed by atoms with van der Waals surface area (Å²) in [7, 11) is 0. The van der Waals surface area contributed by atoms with Crippen LogP contribution in [0.2, 0.25) is 0 Å². The van der Waals surface area contributed by atoms with Crippen LogP contribution < -0.4 is 26.6 Å². The van der Waals surface area contributed by atoms with Gasteiger partial charge in [0.1, 0.15) is 6.04 Å². The number of aliphatic hydroxyl groups excluding tert-OH is 1. The van der Waals surface area contributed by atoms with Gasteiger partial charge in [0.25, 0.3) is 0 Å². The summed E-state index contributed by atoms with van der Waals surface area (Å²) in [5, 5.41) is 20.3. The van der Waals surface area contributed by atoms with Crippen LogP contribution in [0.4, 0.5) is 10.5 Å². The third kappa shape index (κ3) is 7.68. The first-order chi connectivity index (χ1) is 21.6. The van der Waals surface area contributed by atoms with Crippen LogP contribution in [0.15, 0.2) is 84.9 Å². The number of nitrogens with two attached hydrogens (primary N) is 1. The summed E-state index contributed by atoms with van der Waals surface area (Å²) < 4.78 is 0. The van der Waals surface area contributed by atoms with Gasteiger partial charge < -0.3 is 31.7 Å². The van der Waals surface area contributed by atoms with E-state index in [4.69, 9.17) is 5.73 Å². The molecule has 4 amide bonds. The number of hydrogen-bond donors (Lipinski definition) is 5. The molecular formula is C36H41N5O4. The third-order valence-electron chi connectivity index (χ3n) is 8.28. The molecule has 0 saturated carbocycles. The number of hydrogen-bond acceptors (Lipinski definition) is 5. The summed E-state index contributed by atoms with van der Waals surface area (Å²) >= 11 is 0. The number of anilines is 1. The molecule has 0 aliphatic carbocycles. The largest absolute Gasteiger partial charge is 0.395 e. The number of carbonyl (C=O) groups is 3. The summed E-state index contributed by atoms with van der Waals surface area (Å²) in [6.07, 6.45) is 1.30. The van der Waals surface area contributed by atoms with Crippen LogP contribution in [0.25, 0.3) is 21.9 Å². The number of nitrogens with zero attached hydrogens (tertiary/aromatic N) is 1. The van der Waals surface area contributed by atoms with Crippen molar-refractivity contribution in [3.8, 4) is 11.1 Å². The number of carbonyl (C=O) groups excluding carboxylic acids is 3. The van der Waals surface area contributed by atoms with E-state index in [0.717, 1.165) is 44.3 Å². The third-order valence-corrected chi connectivity index (χ3v) is 8.28. The number of primary amides is 1. The van der Waals surface area contributed by atoms with E-state index in [-0.39, 0.29) is 24.8 Å². The van der Waals surface area contributed by atoms with Crippen LogP contribution in [0.1, 0.15) is 43.4 Å². The number of amides is 4. The summed E-state index contributed by atoms with van der Waals surface area (Å²) in [5.74, 6) is -0.362. The Morgan fingerprint density at radius 1 is 0.978 bits per heavy atom. The van der Waals surface area contributed by atoms with E-state index in [1.165, 1.54) is 0 Å². The molecule has 45 heavy (non-hydrogen) atoms. The topological polar surface area (TPSA) is 137 Å². The van der Waals surface area contributed by atoms with Gasteiger partial charge in [0, 0.05) is 30.7 Å². The van der Waals surface area contributed by atoms with Crippen molar-refractivity contribution in [1.82, 2.24) is 16.0 Å². The van der Waals surface area contributed by atoms with Gasteiger partial charge in [-0.05, 0) is 71.3 Å². The number of fused-ring (bicyclic) bond motifs is 3. The van der Waals surface area contributed by atoms with Crippen molar-refractivity contribution in [2.45, 2.75) is 57.8 Å². The first-order valence-electron chi connectivity index (χ1n) is 15.3. The fourth-order valence-corrected chi connectivity index (χ4v) is 6.07.